The first kappa shape index (κ1) is 87.5. The number of nitrogens with two attached hydrogens (primary N) is 1. The highest BCUT2D eigenvalue weighted by molar-refractivity contribution is 9.11. The number of halogens is 5. The third-order valence-corrected chi connectivity index (χ3v) is 27.7. The van der Waals surface area contributed by atoms with Gasteiger partial charge in [-0.05, 0) is 206 Å². The second-order valence-electron chi connectivity index (χ2n) is 34.4. The second-order valence-corrected chi connectivity index (χ2v) is 38.0. The number of aromatic amines is 9. The Kier molecular flexibility index (Phi) is 22.6. The van der Waals surface area contributed by atoms with Gasteiger partial charge in [0.05, 0.1) is 66.1 Å². The second kappa shape index (κ2) is 36.2. The molecule has 27 rings (SSSR count). The fraction of sp³-hybridized carbons (Fsp3) is 0.0261. The molecule has 676 valence electrons. The van der Waals surface area contributed by atoms with Crippen LogP contribution in [0.2, 0.25) is 10.0 Å². The number of aromatic hydroxyl groups is 1. The van der Waals surface area contributed by atoms with Gasteiger partial charge in [-0.1, -0.05) is 229 Å². The van der Waals surface area contributed by atoms with Crippen LogP contribution in [0.25, 0.3) is 243 Å². The van der Waals surface area contributed by atoms with Gasteiger partial charge in [-0.3, -0.25) is 20.1 Å². The van der Waals surface area contributed by atoms with E-state index in [-0.39, 0.29) is 16.4 Å². The number of para-hydroxylation sites is 3. The fourth-order valence-corrected chi connectivity index (χ4v) is 20.6. The zero-order valence-electron chi connectivity index (χ0n) is 74.8. The van der Waals surface area contributed by atoms with Crippen molar-refractivity contribution < 1.29 is 10.0 Å². The predicted molar refractivity (Wildman–Crippen MR) is 585 cm³/mol. The summed E-state index contributed by atoms with van der Waals surface area (Å²) in [4.78, 5) is 71.5. The number of hydrogen-bond donors (Lipinski definition) is 11. The summed E-state index contributed by atoms with van der Waals surface area (Å²) >= 11 is 23.1. The zero-order valence-corrected chi connectivity index (χ0v) is 81.0. The van der Waals surface area contributed by atoms with Gasteiger partial charge in [0.25, 0.3) is 5.69 Å². The summed E-state index contributed by atoms with van der Waals surface area (Å²) in [6.45, 7) is 6.21. The van der Waals surface area contributed by atoms with Gasteiger partial charge in [0, 0.05) is 209 Å². The predicted octanol–water partition coefficient (Wildman–Crippen LogP) is 32.5. The number of aryl methyl sites for hydroxylation is 3. The SMILES string of the molecule is Cc1[nH]c2ccccc2c1-c1nc2c3cc(N)ccc3c3ccccc3c2[nH]1.Cc1[nH]c2ccccc2c1-c1nc2c3cc([N+](=O)[O-])ccc3c3ccccc3c2[nH]1.Cc1[nH]c2ccccc2c1-c1nc2c3cccnc3c3ncccc3c2[nH]1.Clc1cccc(-c2cc(-c3c[nH]c4ccc(Br)cc34)[nH]c2-c2cccc(Cl)c2)c1.Oc1ccc(-c2nc(-c3ccc(Br)cc3)c(-c3ccc(Br)cc3)[nH]2)cc1. The summed E-state index contributed by atoms with van der Waals surface area (Å²) in [5.41, 5.74) is 36.3. The summed E-state index contributed by atoms with van der Waals surface area (Å²) in [6.07, 6.45) is 5.65. The van der Waals surface area contributed by atoms with Crippen molar-refractivity contribution in [3.05, 3.63) is 397 Å². The highest BCUT2D eigenvalue weighted by Gasteiger charge is 2.26. The number of nitrogen functional groups attached to an aromatic ring is 1. The van der Waals surface area contributed by atoms with Crippen molar-refractivity contribution in [3.63, 3.8) is 0 Å². The number of non-ortho nitro benzene ring substituents is 1. The number of rotatable bonds is 10. The number of fused-ring (bicyclic) bond motifs is 22. The van der Waals surface area contributed by atoms with E-state index < -0.39 is 0 Å². The molecule has 0 amide bonds. The van der Waals surface area contributed by atoms with Gasteiger partial charge >= 0.3 is 0 Å². The number of phenols is 1. The van der Waals surface area contributed by atoms with Crippen LogP contribution in [0, 0.1) is 30.9 Å². The van der Waals surface area contributed by atoms with Crippen LogP contribution in [0.3, 0.4) is 0 Å². The standard InChI is InChI=1S/C24H15BrCl2N2.C24H16N4O2.C24H18N4.C22H15N5.C21H14Br2N2O/c25-16-7-8-22-20(11-16)21(13-28-22)23-12-19(14-3-1-5-17(26)9-14)24(29-23)15-4-2-6-18(27)10-15;1-13-21(18-8-4-5-9-20(18)25-13)24-26-22-17-7-3-2-6-15(17)16-11-10-14(28(29)30)12-19(16)23(22)27-24;1-13-21(18-8-4-5-9-20(18)26-13)24-27-22-17-7-3-2-6-15(17)16-11-10-14(25)12-19(16)23(22)28-24;1-12-17(13-6-2-3-9-16(13)25-12)22-26-20-14-7-4-10-23-18(14)19-15(21(20)27-22)8-5-11-24-19;22-16-7-1-13(2-8-16)19-20(14-3-9-17(23)10-4-14)25-21(24-19)15-5-11-18(26)12-6-15/h1-13,28-29H;2-12,25H,1H3,(H,26,27);2-12,26H,25H2,1H3,(H,27,28);2-11,25H,1H3,(H,26,27);1-12,26H,(H,24,25). The van der Waals surface area contributed by atoms with Crippen molar-refractivity contribution in [2.75, 3.05) is 5.73 Å². The van der Waals surface area contributed by atoms with Crippen molar-refractivity contribution in [2.45, 2.75) is 20.8 Å². The Morgan fingerprint density at radius 2 is 0.779 bits per heavy atom. The smallest absolute Gasteiger partial charge is 0.270 e. The van der Waals surface area contributed by atoms with Gasteiger partial charge in [-0.15, -0.1) is 0 Å². The molecule has 140 heavy (non-hydrogen) atoms. The summed E-state index contributed by atoms with van der Waals surface area (Å²) in [5, 5.41) is 37.4. The van der Waals surface area contributed by atoms with E-state index in [1.54, 1.807) is 30.5 Å². The van der Waals surface area contributed by atoms with Crippen LogP contribution in [0.4, 0.5) is 11.4 Å². The minimum Gasteiger partial charge on any atom is -0.508 e. The Labute approximate surface area is 832 Å². The third-order valence-electron chi connectivity index (χ3n) is 25.7. The number of aromatic nitrogens is 15. The molecule has 0 aliphatic rings. The zero-order chi connectivity index (χ0) is 95.2. The number of H-pyrrole nitrogens is 9. The molecule has 0 aliphatic heterocycles. The molecule has 12 N–H and O–H groups in total. The number of phenolic OH excluding ortho intramolecular Hbond substituents is 1. The van der Waals surface area contributed by atoms with E-state index in [4.69, 9.17) is 48.9 Å². The van der Waals surface area contributed by atoms with E-state index in [2.05, 4.69) is 250 Å². The van der Waals surface area contributed by atoms with Crippen LogP contribution in [0.1, 0.15) is 17.1 Å². The Morgan fingerprint density at radius 1 is 0.329 bits per heavy atom. The summed E-state index contributed by atoms with van der Waals surface area (Å²) in [7, 11) is 0. The van der Waals surface area contributed by atoms with E-state index >= 15 is 0 Å². The Hall–Kier alpha value is -16.5. The van der Waals surface area contributed by atoms with Crippen molar-refractivity contribution in [3.8, 4) is 107 Å². The maximum absolute atomic E-state index is 11.4. The van der Waals surface area contributed by atoms with Gasteiger partial charge in [0.2, 0.25) is 0 Å². The number of imidazole rings is 4. The number of nitrogens with zero attached hydrogens (tertiary/aromatic N) is 7. The molecule has 11 heterocycles. The van der Waals surface area contributed by atoms with Crippen LogP contribution >= 0.6 is 71.0 Å². The molecule has 20 nitrogen and oxygen atoms in total. The third kappa shape index (κ3) is 16.1. The van der Waals surface area contributed by atoms with Gasteiger partial charge in [0.15, 0.2) is 0 Å². The Balaban J connectivity index is 0.0000000977. The highest BCUT2D eigenvalue weighted by atomic mass is 79.9. The summed E-state index contributed by atoms with van der Waals surface area (Å²) in [5.74, 6) is 3.50. The average Bonchev–Trinajstić information content (AvgIpc) is 1.56. The summed E-state index contributed by atoms with van der Waals surface area (Å²) in [6, 6.07) is 108. The largest absolute Gasteiger partial charge is 0.508 e. The molecule has 0 fully saturated rings. The first-order valence-corrected chi connectivity index (χ1v) is 48.2. The Morgan fingerprint density at radius 3 is 1.33 bits per heavy atom. The average molecular weight is 2060 g/mol. The minimum absolute atomic E-state index is 0.0619. The van der Waals surface area contributed by atoms with E-state index in [0.29, 0.717) is 10.0 Å². The van der Waals surface area contributed by atoms with Crippen molar-refractivity contribution in [1.29, 1.82) is 0 Å². The first-order chi connectivity index (χ1) is 68.3. The first-order valence-electron chi connectivity index (χ1n) is 45.1. The van der Waals surface area contributed by atoms with Crippen LogP contribution in [-0.2, 0) is 0 Å². The molecule has 0 saturated carbocycles. The molecule has 0 spiro atoms. The lowest BCUT2D eigenvalue weighted by molar-refractivity contribution is -0.384. The quantitative estimate of drug-likeness (QED) is 0.0266. The van der Waals surface area contributed by atoms with Crippen LogP contribution in [0.15, 0.2) is 360 Å². The lowest BCUT2D eigenvalue weighted by Crippen LogP contribution is -1.89. The number of nitrogens with one attached hydrogen (secondary N) is 9. The summed E-state index contributed by atoms with van der Waals surface area (Å²) < 4.78 is 3.10. The van der Waals surface area contributed by atoms with E-state index in [1.807, 2.05) is 189 Å². The Bertz CT molecular complexity index is 9400. The van der Waals surface area contributed by atoms with Crippen LogP contribution < -0.4 is 5.73 Å². The van der Waals surface area contributed by atoms with Crippen molar-refractivity contribution >= 4 is 224 Å². The highest BCUT2D eigenvalue weighted by Crippen LogP contribution is 2.46. The molecule has 25 heteroatoms. The monoisotopic (exact) mass is 2050 g/mol. The van der Waals surface area contributed by atoms with Gasteiger partial charge in [-0.25, -0.2) is 19.9 Å². The van der Waals surface area contributed by atoms with Gasteiger partial charge in [0.1, 0.15) is 29.0 Å². The van der Waals surface area contributed by atoms with Crippen molar-refractivity contribution in [1.82, 2.24) is 74.8 Å². The van der Waals surface area contributed by atoms with E-state index in [0.717, 1.165) is 253 Å². The van der Waals surface area contributed by atoms with Crippen molar-refractivity contribution in [2.24, 2.45) is 0 Å². The molecular weight excluding hydrogens is 1980 g/mol. The molecule has 0 aliphatic carbocycles. The molecule has 27 aromatic rings. The normalized spacial score (nSPS) is 11.5. The van der Waals surface area contributed by atoms with Crippen LogP contribution in [0.5, 0.6) is 5.75 Å². The number of pyridine rings is 2. The molecule has 0 unspecified atom stereocenters. The molecule has 0 atom stereocenters. The lowest BCUT2D eigenvalue weighted by Gasteiger charge is -2.06. The maximum Gasteiger partial charge on any atom is 0.270 e. The molecule has 0 radical (unpaired) electrons. The molecule has 0 bridgehead atoms. The van der Waals surface area contributed by atoms with E-state index in [9.17, 15) is 15.2 Å². The number of hydrogen-bond acceptors (Lipinski definition) is 10. The molecule has 16 aromatic carbocycles. The van der Waals surface area contributed by atoms with E-state index in [1.165, 1.54) is 26.9 Å². The topological polar surface area (TPSA) is 309 Å². The number of nitro groups is 1. The molecule has 0 saturated heterocycles. The minimum atomic E-state index is -0.363. The fourth-order valence-electron chi connectivity index (χ4n) is 19.4. The van der Waals surface area contributed by atoms with Gasteiger partial charge in [-0.2, -0.15) is 0 Å². The maximum atomic E-state index is 11.4. The van der Waals surface area contributed by atoms with Crippen LogP contribution in [-0.4, -0.2) is 84.8 Å². The molecular formula is C115H78Br3Cl2N17O3. The number of anilines is 1. The number of benzene rings is 16. The van der Waals surface area contributed by atoms with Gasteiger partial charge < -0.3 is 55.7 Å². The lowest BCUT2D eigenvalue weighted by atomic mass is 9.99. The molecule has 11 aromatic heterocycles. The number of nitro benzene ring substituents is 1.